The first kappa shape index (κ1) is 13.0. The summed E-state index contributed by atoms with van der Waals surface area (Å²) in [5.41, 5.74) is 0.731. The molecule has 0 saturated heterocycles. The summed E-state index contributed by atoms with van der Waals surface area (Å²) in [5.74, 6) is -0.0173. The molecule has 3 heteroatoms. The Hall–Kier alpha value is -1.02. The normalized spacial score (nSPS) is 13.2. The lowest BCUT2D eigenvalue weighted by Crippen LogP contribution is -2.41. The SMILES string of the molecule is CC(Cl)CC(=O)NC(C)(C)c1ccccc1. The van der Waals surface area contributed by atoms with E-state index in [0.29, 0.717) is 6.42 Å². The first-order valence-electron chi connectivity index (χ1n) is 5.42. The molecule has 1 aromatic rings. The highest BCUT2D eigenvalue weighted by Crippen LogP contribution is 2.19. The molecule has 0 radical (unpaired) electrons. The third kappa shape index (κ3) is 3.86. The van der Waals surface area contributed by atoms with Crippen LogP contribution in [0.5, 0.6) is 0 Å². The highest BCUT2D eigenvalue weighted by atomic mass is 35.5. The lowest BCUT2D eigenvalue weighted by molar-refractivity contribution is -0.122. The zero-order valence-corrected chi connectivity index (χ0v) is 10.7. The second-order valence-electron chi connectivity index (χ2n) is 4.52. The van der Waals surface area contributed by atoms with E-state index in [1.54, 1.807) is 0 Å². The van der Waals surface area contributed by atoms with Crippen molar-refractivity contribution in [3.8, 4) is 0 Å². The van der Waals surface area contributed by atoms with Gasteiger partial charge in [0.25, 0.3) is 0 Å². The molecule has 0 heterocycles. The van der Waals surface area contributed by atoms with Gasteiger partial charge < -0.3 is 5.32 Å². The van der Waals surface area contributed by atoms with Crippen LogP contribution in [-0.2, 0) is 10.3 Å². The number of halogens is 1. The zero-order chi connectivity index (χ0) is 12.2. The molecule has 1 rings (SSSR count). The molecule has 1 amide bonds. The molecule has 0 aliphatic rings. The van der Waals surface area contributed by atoms with Crippen LogP contribution in [0.3, 0.4) is 0 Å². The average Bonchev–Trinajstić information content (AvgIpc) is 2.16. The summed E-state index contributed by atoms with van der Waals surface area (Å²) in [6, 6.07) is 9.90. The van der Waals surface area contributed by atoms with E-state index < -0.39 is 0 Å². The minimum atomic E-state index is -0.357. The van der Waals surface area contributed by atoms with Crippen molar-refractivity contribution in [2.24, 2.45) is 0 Å². The summed E-state index contributed by atoms with van der Waals surface area (Å²) in [5, 5.41) is 2.85. The molecule has 1 N–H and O–H groups in total. The van der Waals surface area contributed by atoms with E-state index in [1.165, 1.54) is 0 Å². The number of rotatable bonds is 4. The van der Waals surface area contributed by atoms with Gasteiger partial charge >= 0.3 is 0 Å². The Labute approximate surface area is 102 Å². The van der Waals surface area contributed by atoms with Gasteiger partial charge in [0.1, 0.15) is 0 Å². The number of nitrogens with one attached hydrogen (secondary N) is 1. The van der Waals surface area contributed by atoms with Gasteiger partial charge in [-0.2, -0.15) is 0 Å². The first-order valence-corrected chi connectivity index (χ1v) is 5.86. The maximum atomic E-state index is 11.6. The fourth-order valence-electron chi connectivity index (χ4n) is 1.58. The Morgan fingerprint density at radius 3 is 2.44 bits per heavy atom. The van der Waals surface area contributed by atoms with Crippen molar-refractivity contribution in [3.05, 3.63) is 35.9 Å². The van der Waals surface area contributed by atoms with Gasteiger partial charge in [0.15, 0.2) is 0 Å². The van der Waals surface area contributed by atoms with Gasteiger partial charge in [-0.05, 0) is 26.3 Å². The van der Waals surface area contributed by atoms with Gasteiger partial charge in [0, 0.05) is 11.8 Å². The molecule has 1 unspecified atom stereocenters. The monoisotopic (exact) mass is 239 g/mol. The summed E-state index contributed by atoms with van der Waals surface area (Å²) >= 11 is 5.79. The maximum Gasteiger partial charge on any atom is 0.222 e. The molecular formula is C13H18ClNO. The predicted octanol–water partition coefficient (Wildman–Crippen LogP) is 3.06. The van der Waals surface area contributed by atoms with Crippen molar-refractivity contribution < 1.29 is 4.79 Å². The van der Waals surface area contributed by atoms with E-state index in [-0.39, 0.29) is 16.8 Å². The lowest BCUT2D eigenvalue weighted by Gasteiger charge is -2.27. The standard InChI is InChI=1S/C13H18ClNO/c1-10(14)9-12(16)15-13(2,3)11-7-5-4-6-8-11/h4-8,10H,9H2,1-3H3,(H,15,16). The molecule has 16 heavy (non-hydrogen) atoms. The van der Waals surface area contributed by atoms with Crippen molar-refractivity contribution in [2.45, 2.75) is 38.1 Å². The lowest BCUT2D eigenvalue weighted by atomic mass is 9.94. The van der Waals surface area contributed by atoms with Crippen molar-refractivity contribution in [1.29, 1.82) is 0 Å². The molecule has 0 aliphatic heterocycles. The Morgan fingerprint density at radius 1 is 1.38 bits per heavy atom. The third-order valence-electron chi connectivity index (χ3n) is 2.41. The molecule has 0 saturated carbocycles. The molecule has 1 atom stereocenters. The van der Waals surface area contributed by atoms with Gasteiger partial charge in [0.05, 0.1) is 5.54 Å². The highest BCUT2D eigenvalue weighted by Gasteiger charge is 2.22. The molecule has 1 aromatic carbocycles. The number of amides is 1. The van der Waals surface area contributed by atoms with E-state index in [1.807, 2.05) is 51.1 Å². The molecule has 0 aromatic heterocycles. The van der Waals surface area contributed by atoms with Gasteiger partial charge in [0.2, 0.25) is 5.91 Å². The van der Waals surface area contributed by atoms with E-state index in [2.05, 4.69) is 5.32 Å². The molecule has 0 fully saturated rings. The summed E-state index contributed by atoms with van der Waals surface area (Å²) in [6.45, 7) is 5.79. The average molecular weight is 240 g/mol. The Kier molecular flexibility index (Phi) is 4.36. The topological polar surface area (TPSA) is 29.1 Å². The summed E-state index contributed by atoms with van der Waals surface area (Å²) in [4.78, 5) is 11.6. The summed E-state index contributed by atoms with van der Waals surface area (Å²) in [6.07, 6.45) is 0.345. The molecule has 0 aliphatic carbocycles. The smallest absolute Gasteiger partial charge is 0.222 e. The molecule has 0 spiro atoms. The number of carbonyl (C=O) groups is 1. The van der Waals surface area contributed by atoms with Gasteiger partial charge in [-0.3, -0.25) is 4.79 Å². The van der Waals surface area contributed by atoms with E-state index >= 15 is 0 Å². The van der Waals surface area contributed by atoms with Crippen molar-refractivity contribution >= 4 is 17.5 Å². The largest absolute Gasteiger partial charge is 0.347 e. The van der Waals surface area contributed by atoms with Crippen molar-refractivity contribution in [2.75, 3.05) is 0 Å². The van der Waals surface area contributed by atoms with Crippen LogP contribution in [0.4, 0.5) is 0 Å². The van der Waals surface area contributed by atoms with Crippen LogP contribution in [-0.4, -0.2) is 11.3 Å². The summed E-state index contributed by atoms with van der Waals surface area (Å²) in [7, 11) is 0. The van der Waals surface area contributed by atoms with Crippen LogP contribution >= 0.6 is 11.6 Å². The minimum Gasteiger partial charge on any atom is -0.347 e. The second kappa shape index (κ2) is 5.35. The van der Waals surface area contributed by atoms with Crippen LogP contribution in [0, 0.1) is 0 Å². The van der Waals surface area contributed by atoms with Crippen LogP contribution in [0.1, 0.15) is 32.8 Å². The van der Waals surface area contributed by atoms with E-state index in [9.17, 15) is 4.79 Å². The van der Waals surface area contributed by atoms with E-state index in [4.69, 9.17) is 11.6 Å². The fourth-order valence-corrected chi connectivity index (χ4v) is 1.72. The van der Waals surface area contributed by atoms with Crippen molar-refractivity contribution in [1.82, 2.24) is 5.32 Å². The van der Waals surface area contributed by atoms with Gasteiger partial charge in [-0.25, -0.2) is 0 Å². The summed E-state index contributed by atoms with van der Waals surface area (Å²) < 4.78 is 0. The number of benzene rings is 1. The quantitative estimate of drug-likeness (QED) is 0.804. The Morgan fingerprint density at radius 2 is 1.94 bits per heavy atom. The third-order valence-corrected chi connectivity index (χ3v) is 2.57. The fraction of sp³-hybridized carbons (Fsp3) is 0.462. The number of hydrogen-bond donors (Lipinski definition) is 1. The second-order valence-corrected chi connectivity index (χ2v) is 5.27. The Balaban J connectivity index is 2.69. The van der Waals surface area contributed by atoms with Gasteiger partial charge in [-0.1, -0.05) is 30.3 Å². The van der Waals surface area contributed by atoms with Crippen LogP contribution in [0.15, 0.2) is 30.3 Å². The molecule has 0 bridgehead atoms. The first-order chi connectivity index (χ1) is 7.42. The van der Waals surface area contributed by atoms with Crippen molar-refractivity contribution in [3.63, 3.8) is 0 Å². The van der Waals surface area contributed by atoms with Crippen LogP contribution in [0.2, 0.25) is 0 Å². The van der Waals surface area contributed by atoms with Crippen LogP contribution in [0.25, 0.3) is 0 Å². The van der Waals surface area contributed by atoms with E-state index in [0.717, 1.165) is 5.56 Å². The number of hydrogen-bond acceptors (Lipinski definition) is 1. The maximum absolute atomic E-state index is 11.6. The zero-order valence-electron chi connectivity index (χ0n) is 9.96. The minimum absolute atomic E-state index is 0.0173. The van der Waals surface area contributed by atoms with Crippen LogP contribution < -0.4 is 5.32 Å². The highest BCUT2D eigenvalue weighted by molar-refractivity contribution is 6.21. The van der Waals surface area contributed by atoms with Gasteiger partial charge in [-0.15, -0.1) is 11.6 Å². The Bertz CT molecular complexity index is 346. The molecule has 88 valence electrons. The molecular weight excluding hydrogens is 222 g/mol. The molecule has 2 nitrogen and oxygen atoms in total. The predicted molar refractivity (Wildman–Crippen MR) is 67.5 cm³/mol. The number of alkyl halides is 1. The number of carbonyl (C=O) groups excluding carboxylic acids is 1.